The summed E-state index contributed by atoms with van der Waals surface area (Å²) in [5.74, 6) is -0.770. The summed E-state index contributed by atoms with van der Waals surface area (Å²) < 4.78 is 5.57. The summed E-state index contributed by atoms with van der Waals surface area (Å²) in [6, 6.07) is 19.1. The molecule has 0 aliphatic carbocycles. The maximum Gasteiger partial charge on any atom is 0.319 e. The molecule has 1 atom stereocenters. The molecule has 2 N–H and O–H groups in total. The largest absolute Gasteiger partial charge is 0.468 e. The lowest BCUT2D eigenvalue weighted by atomic mass is 9.96. The molecule has 0 fully saturated rings. The number of carbonyl (C=O) groups is 2. The van der Waals surface area contributed by atoms with Crippen LogP contribution in [0.25, 0.3) is 0 Å². The topological polar surface area (TPSA) is 67.4 Å². The third-order valence-electron chi connectivity index (χ3n) is 4.59. The first-order valence-corrected chi connectivity index (χ1v) is 10.9. The van der Waals surface area contributed by atoms with Crippen LogP contribution in [-0.2, 0) is 9.53 Å². The molecule has 0 aliphatic heterocycles. The lowest BCUT2D eigenvalue weighted by Gasteiger charge is -2.24. The Hall–Kier alpha value is -2.38. The Morgan fingerprint density at radius 3 is 2.32 bits per heavy atom. The average Bonchev–Trinajstić information content (AvgIpc) is 2.76. The average molecular weight is 522 g/mol. The molecule has 8 heteroatoms. The monoisotopic (exact) mass is 520 g/mol. The minimum atomic E-state index is -0.494. The van der Waals surface area contributed by atoms with E-state index in [9.17, 15) is 9.59 Å². The van der Waals surface area contributed by atoms with Gasteiger partial charge in [0.15, 0.2) is 0 Å². The minimum Gasteiger partial charge on any atom is -0.468 e. The van der Waals surface area contributed by atoms with Gasteiger partial charge in [-0.25, -0.2) is 0 Å². The van der Waals surface area contributed by atoms with Crippen LogP contribution in [0, 0.1) is 0 Å². The summed E-state index contributed by atoms with van der Waals surface area (Å²) >= 11 is 16.1. The predicted molar refractivity (Wildman–Crippen MR) is 127 cm³/mol. The summed E-state index contributed by atoms with van der Waals surface area (Å²) in [5.41, 5.74) is 2.37. The van der Waals surface area contributed by atoms with Crippen LogP contribution in [0.3, 0.4) is 0 Å². The van der Waals surface area contributed by atoms with Crippen molar-refractivity contribution < 1.29 is 14.3 Å². The van der Waals surface area contributed by atoms with Gasteiger partial charge in [0.1, 0.15) is 0 Å². The Morgan fingerprint density at radius 2 is 1.65 bits per heavy atom. The number of carbonyl (C=O) groups excluding carboxylic acids is 2. The number of hydrogen-bond donors (Lipinski definition) is 2. The molecular weight excluding hydrogens is 503 g/mol. The van der Waals surface area contributed by atoms with Crippen LogP contribution in [0.4, 0.5) is 5.69 Å². The van der Waals surface area contributed by atoms with Crippen molar-refractivity contribution in [1.82, 2.24) is 5.32 Å². The third-order valence-corrected chi connectivity index (χ3v) is 5.75. The van der Waals surface area contributed by atoms with E-state index in [0.717, 1.165) is 10.0 Å². The SMILES string of the molecule is COC(=O)CN[C@H](c1ccccc1Cl)c1cc(Br)ccc1NC(=O)c1ccccc1Cl. The van der Waals surface area contributed by atoms with E-state index in [-0.39, 0.29) is 12.5 Å². The fourth-order valence-corrected chi connectivity index (χ4v) is 3.92. The minimum absolute atomic E-state index is 0.0448. The molecule has 0 saturated carbocycles. The zero-order valence-corrected chi connectivity index (χ0v) is 19.6. The van der Waals surface area contributed by atoms with Crippen molar-refractivity contribution in [3.8, 4) is 0 Å². The number of rotatable bonds is 7. The molecule has 0 spiro atoms. The van der Waals surface area contributed by atoms with Gasteiger partial charge in [0.2, 0.25) is 0 Å². The van der Waals surface area contributed by atoms with Gasteiger partial charge in [0.25, 0.3) is 5.91 Å². The van der Waals surface area contributed by atoms with E-state index in [0.29, 0.717) is 26.9 Å². The molecule has 5 nitrogen and oxygen atoms in total. The van der Waals surface area contributed by atoms with Crippen molar-refractivity contribution in [3.05, 3.63) is 97.9 Å². The van der Waals surface area contributed by atoms with Crippen LogP contribution >= 0.6 is 39.1 Å². The predicted octanol–water partition coefficient (Wildman–Crippen LogP) is 5.86. The Labute approximate surface area is 198 Å². The van der Waals surface area contributed by atoms with E-state index in [1.165, 1.54) is 7.11 Å². The number of anilines is 1. The zero-order valence-electron chi connectivity index (χ0n) is 16.5. The molecule has 0 aromatic heterocycles. The number of hydrogen-bond acceptors (Lipinski definition) is 4. The first-order chi connectivity index (χ1) is 14.9. The third kappa shape index (κ3) is 5.86. The number of benzene rings is 3. The first-order valence-electron chi connectivity index (χ1n) is 9.30. The summed E-state index contributed by atoms with van der Waals surface area (Å²) in [5, 5.41) is 6.97. The molecule has 0 saturated heterocycles. The van der Waals surface area contributed by atoms with E-state index in [1.54, 1.807) is 36.4 Å². The highest BCUT2D eigenvalue weighted by Gasteiger charge is 2.22. The number of methoxy groups -OCH3 is 1. The van der Waals surface area contributed by atoms with E-state index in [4.69, 9.17) is 27.9 Å². The molecule has 0 radical (unpaired) electrons. The smallest absolute Gasteiger partial charge is 0.319 e. The fraction of sp³-hybridized carbons (Fsp3) is 0.130. The van der Waals surface area contributed by atoms with E-state index < -0.39 is 12.0 Å². The number of halogens is 3. The molecule has 3 aromatic carbocycles. The number of esters is 1. The highest BCUT2D eigenvalue weighted by Crippen LogP contribution is 2.34. The van der Waals surface area contributed by atoms with Gasteiger partial charge >= 0.3 is 5.97 Å². The van der Waals surface area contributed by atoms with Gasteiger partial charge in [-0.1, -0.05) is 69.5 Å². The zero-order chi connectivity index (χ0) is 22.4. The normalized spacial score (nSPS) is 11.6. The molecule has 160 valence electrons. The second-order valence-electron chi connectivity index (χ2n) is 6.58. The lowest BCUT2D eigenvalue weighted by molar-refractivity contribution is -0.139. The Kier molecular flexibility index (Phi) is 8.09. The Morgan fingerprint density at radius 1 is 0.968 bits per heavy atom. The van der Waals surface area contributed by atoms with Crippen LogP contribution < -0.4 is 10.6 Å². The molecule has 1 amide bonds. The van der Waals surface area contributed by atoms with Crippen molar-refractivity contribution in [1.29, 1.82) is 0 Å². The van der Waals surface area contributed by atoms with Crippen molar-refractivity contribution >= 4 is 56.7 Å². The van der Waals surface area contributed by atoms with Gasteiger partial charge in [-0.15, -0.1) is 0 Å². The van der Waals surface area contributed by atoms with Gasteiger partial charge in [0, 0.05) is 15.2 Å². The van der Waals surface area contributed by atoms with Gasteiger partial charge in [-0.3, -0.25) is 14.9 Å². The quantitative estimate of drug-likeness (QED) is 0.382. The molecule has 31 heavy (non-hydrogen) atoms. The maximum atomic E-state index is 12.9. The van der Waals surface area contributed by atoms with Crippen molar-refractivity contribution in [2.75, 3.05) is 19.0 Å². The van der Waals surface area contributed by atoms with Crippen LogP contribution in [-0.4, -0.2) is 25.5 Å². The number of amides is 1. The second kappa shape index (κ2) is 10.8. The summed E-state index contributed by atoms with van der Waals surface area (Å²) in [7, 11) is 1.32. The van der Waals surface area contributed by atoms with Crippen LogP contribution in [0.5, 0.6) is 0 Å². The van der Waals surface area contributed by atoms with Crippen LogP contribution in [0.1, 0.15) is 27.5 Å². The maximum absolute atomic E-state index is 12.9. The molecule has 0 heterocycles. The highest BCUT2D eigenvalue weighted by molar-refractivity contribution is 9.10. The van der Waals surface area contributed by atoms with E-state index >= 15 is 0 Å². The summed E-state index contributed by atoms with van der Waals surface area (Å²) in [4.78, 5) is 24.7. The van der Waals surface area contributed by atoms with Crippen LogP contribution in [0.15, 0.2) is 71.2 Å². The molecule has 3 rings (SSSR count). The standard InChI is InChI=1S/C23H19BrCl2N2O3/c1-31-21(29)13-27-22(15-6-2-4-8-18(15)25)17-12-14(24)10-11-20(17)28-23(30)16-7-3-5-9-19(16)26/h2-12,22,27H,13H2,1H3,(H,28,30)/t22-/m1/s1. The Bertz CT molecular complexity index is 1110. The first kappa shape index (κ1) is 23.3. The van der Waals surface area contributed by atoms with Crippen molar-refractivity contribution in [2.45, 2.75) is 6.04 Å². The highest BCUT2D eigenvalue weighted by atomic mass is 79.9. The van der Waals surface area contributed by atoms with Gasteiger partial charge in [0.05, 0.1) is 30.3 Å². The molecule has 0 aliphatic rings. The number of ether oxygens (including phenoxy) is 1. The second-order valence-corrected chi connectivity index (χ2v) is 8.31. The van der Waals surface area contributed by atoms with Gasteiger partial charge in [-0.2, -0.15) is 0 Å². The summed E-state index contributed by atoms with van der Waals surface area (Å²) in [6.07, 6.45) is 0. The van der Waals surface area contributed by atoms with Gasteiger partial charge < -0.3 is 10.1 Å². The summed E-state index contributed by atoms with van der Waals surface area (Å²) in [6.45, 7) is -0.0448. The molecule has 0 bridgehead atoms. The van der Waals surface area contributed by atoms with E-state index in [2.05, 4.69) is 26.6 Å². The molecule has 0 unspecified atom stereocenters. The Balaban J connectivity index is 2.03. The van der Waals surface area contributed by atoms with Crippen LogP contribution in [0.2, 0.25) is 10.0 Å². The number of nitrogens with one attached hydrogen (secondary N) is 2. The lowest BCUT2D eigenvalue weighted by Crippen LogP contribution is -2.30. The fourth-order valence-electron chi connectivity index (χ4n) is 3.08. The van der Waals surface area contributed by atoms with Crippen molar-refractivity contribution in [3.63, 3.8) is 0 Å². The van der Waals surface area contributed by atoms with E-state index in [1.807, 2.05) is 30.3 Å². The van der Waals surface area contributed by atoms with Gasteiger partial charge in [-0.05, 0) is 47.5 Å². The molecule has 3 aromatic rings. The molecular formula is C23H19BrCl2N2O3. The van der Waals surface area contributed by atoms with Crippen molar-refractivity contribution in [2.24, 2.45) is 0 Å².